The zero-order chi connectivity index (χ0) is 11.2. The molecule has 0 aliphatic heterocycles. The van der Waals surface area contributed by atoms with E-state index in [1.165, 1.54) is 0 Å². The summed E-state index contributed by atoms with van der Waals surface area (Å²) in [6, 6.07) is 0. The average Bonchev–Trinajstić information content (AvgIpc) is 1.95. The molecular weight excluding hydrogens is 200 g/mol. The zero-order valence-electron chi connectivity index (χ0n) is 8.96. The highest BCUT2D eigenvalue weighted by Crippen LogP contribution is 2.00. The van der Waals surface area contributed by atoms with Crippen molar-refractivity contribution in [2.24, 2.45) is 0 Å². The maximum Gasteiger partial charge on any atom is 0.507 e. The fourth-order valence-electron chi connectivity index (χ4n) is 0.619. The van der Waals surface area contributed by atoms with E-state index in [1.807, 2.05) is 0 Å². The first-order chi connectivity index (χ1) is 6.31. The lowest BCUT2D eigenvalue weighted by Gasteiger charge is -2.14. The Labute approximate surface area is 85.3 Å². The van der Waals surface area contributed by atoms with Crippen molar-refractivity contribution in [3.8, 4) is 11.8 Å². The third kappa shape index (κ3) is 9.10. The fourth-order valence-corrected chi connectivity index (χ4v) is 1.12. The molecule has 14 heavy (non-hydrogen) atoms. The third-order valence-electron chi connectivity index (χ3n) is 1.16. The van der Waals surface area contributed by atoms with Crippen LogP contribution in [0.15, 0.2) is 0 Å². The van der Waals surface area contributed by atoms with Crippen LogP contribution >= 0.6 is 0 Å². The third-order valence-corrected chi connectivity index (χ3v) is 2.17. The van der Waals surface area contributed by atoms with E-state index < -0.39 is 20.6 Å². The summed E-state index contributed by atoms with van der Waals surface area (Å²) < 4.78 is 9.83. The van der Waals surface area contributed by atoms with Gasteiger partial charge >= 0.3 is 6.16 Å². The monoisotopic (exact) mass is 216 g/mol. The van der Waals surface area contributed by atoms with Crippen LogP contribution in [0.2, 0.25) is 19.6 Å². The van der Waals surface area contributed by atoms with E-state index in [4.69, 9.17) is 9.53 Å². The molecule has 5 heteroatoms. The van der Waals surface area contributed by atoms with Gasteiger partial charge in [0, 0.05) is 0 Å². The van der Waals surface area contributed by atoms with Crippen LogP contribution in [0.3, 0.4) is 0 Å². The van der Waals surface area contributed by atoms with Crippen molar-refractivity contribution in [3.63, 3.8) is 0 Å². The maximum absolute atomic E-state index is 10.1. The molecule has 0 aromatic rings. The average molecular weight is 216 g/mol. The predicted octanol–water partition coefficient (Wildman–Crippen LogP) is 1.92. The minimum absolute atomic E-state index is 0.336. The summed E-state index contributed by atoms with van der Waals surface area (Å²) in [5.41, 5.74) is 0. The van der Waals surface area contributed by atoms with Crippen LogP contribution in [0.4, 0.5) is 4.79 Å². The van der Waals surface area contributed by atoms with Crippen molar-refractivity contribution in [2.75, 3.05) is 6.61 Å². The Morgan fingerprint density at radius 1 is 1.50 bits per heavy atom. The van der Waals surface area contributed by atoms with Crippen molar-refractivity contribution < 1.29 is 19.1 Å². The number of ether oxygens (including phenoxy) is 1. The first kappa shape index (κ1) is 13.0. The van der Waals surface area contributed by atoms with Gasteiger partial charge in [0.1, 0.15) is 0 Å². The van der Waals surface area contributed by atoms with Crippen LogP contribution < -0.4 is 0 Å². The molecule has 0 aliphatic rings. The predicted molar refractivity (Wildman–Crippen MR) is 55.6 cm³/mol. The van der Waals surface area contributed by atoms with Crippen molar-refractivity contribution in [2.45, 2.75) is 32.7 Å². The van der Waals surface area contributed by atoms with E-state index in [0.29, 0.717) is 6.61 Å². The molecule has 0 spiro atoms. The molecule has 0 fully saturated rings. The van der Waals surface area contributed by atoms with E-state index in [-0.39, 0.29) is 0 Å². The molecule has 0 aliphatic carbocycles. The van der Waals surface area contributed by atoms with Gasteiger partial charge in [0.25, 0.3) is 0 Å². The van der Waals surface area contributed by atoms with Crippen LogP contribution in [-0.2, 0) is 9.16 Å². The lowest BCUT2D eigenvalue weighted by atomic mass is 10.4. The molecule has 1 unspecified atom stereocenters. The summed E-state index contributed by atoms with van der Waals surface area (Å²) in [5, 5.41) is 8.26. The van der Waals surface area contributed by atoms with Crippen molar-refractivity contribution in [1.82, 2.24) is 0 Å². The summed E-state index contributed by atoms with van der Waals surface area (Å²) in [5.74, 6) is 5.35. The lowest BCUT2D eigenvalue weighted by molar-refractivity contribution is 0.0780. The van der Waals surface area contributed by atoms with Gasteiger partial charge in [-0.3, -0.25) is 0 Å². The van der Waals surface area contributed by atoms with Crippen LogP contribution in [0.1, 0.15) is 6.92 Å². The van der Waals surface area contributed by atoms with Gasteiger partial charge in [0.15, 0.2) is 14.4 Å². The minimum atomic E-state index is -1.52. The second-order valence-corrected chi connectivity index (χ2v) is 8.26. The molecule has 1 atom stereocenters. The van der Waals surface area contributed by atoms with E-state index >= 15 is 0 Å². The van der Waals surface area contributed by atoms with Gasteiger partial charge in [-0.15, -0.1) is 0 Å². The molecule has 0 amide bonds. The van der Waals surface area contributed by atoms with Gasteiger partial charge in [0.2, 0.25) is 0 Å². The summed E-state index contributed by atoms with van der Waals surface area (Å²) in [6.07, 6.45) is -1.91. The molecule has 0 rings (SSSR count). The van der Waals surface area contributed by atoms with Gasteiger partial charge < -0.3 is 14.3 Å². The lowest BCUT2D eigenvalue weighted by Crippen LogP contribution is -2.25. The Bertz CT molecular complexity index is 246. The summed E-state index contributed by atoms with van der Waals surface area (Å²) >= 11 is 0. The molecule has 80 valence electrons. The highest BCUT2D eigenvalue weighted by Gasteiger charge is 2.12. The van der Waals surface area contributed by atoms with E-state index in [2.05, 4.69) is 36.2 Å². The Balaban J connectivity index is 3.77. The quantitative estimate of drug-likeness (QED) is 0.445. The van der Waals surface area contributed by atoms with Crippen LogP contribution in [-0.4, -0.2) is 32.3 Å². The summed E-state index contributed by atoms with van der Waals surface area (Å²) in [4.78, 5) is 10.1. The van der Waals surface area contributed by atoms with E-state index in [0.717, 1.165) is 0 Å². The highest BCUT2D eigenvalue weighted by molar-refractivity contribution is 6.69. The second-order valence-electron chi connectivity index (χ2n) is 3.75. The molecule has 0 aromatic heterocycles. The summed E-state index contributed by atoms with van der Waals surface area (Å²) in [7, 11) is -1.52. The smallest absolute Gasteiger partial charge is 0.450 e. The molecule has 0 saturated carbocycles. The van der Waals surface area contributed by atoms with Gasteiger partial charge in [-0.2, -0.15) is 0 Å². The SMILES string of the molecule is CC(C#CCO[Si](C)(C)C)OC(=O)O. The number of hydrogen-bond donors (Lipinski definition) is 1. The second kappa shape index (κ2) is 5.68. The summed E-state index contributed by atoms with van der Waals surface area (Å²) in [6.45, 7) is 8.10. The van der Waals surface area contributed by atoms with Crippen molar-refractivity contribution in [3.05, 3.63) is 0 Å². The molecule has 0 bridgehead atoms. The Morgan fingerprint density at radius 2 is 2.07 bits per heavy atom. The number of rotatable bonds is 3. The van der Waals surface area contributed by atoms with E-state index in [1.54, 1.807) is 6.92 Å². The standard InChI is InChI=1S/C9H16O4Si/c1-8(13-9(10)11)6-5-7-12-14(2,3)4/h8H,7H2,1-4H3,(H,10,11). The van der Waals surface area contributed by atoms with Gasteiger partial charge in [-0.1, -0.05) is 11.8 Å². The topological polar surface area (TPSA) is 55.8 Å². The largest absolute Gasteiger partial charge is 0.507 e. The molecule has 1 N–H and O–H groups in total. The number of carboxylic acid groups (broad SMARTS) is 1. The zero-order valence-corrected chi connectivity index (χ0v) is 9.96. The number of carbonyl (C=O) groups is 1. The maximum atomic E-state index is 10.1. The Kier molecular flexibility index (Phi) is 5.27. The molecular formula is C9H16O4Si. The van der Waals surface area contributed by atoms with Crippen molar-refractivity contribution in [1.29, 1.82) is 0 Å². The number of hydrogen-bond acceptors (Lipinski definition) is 3. The van der Waals surface area contributed by atoms with E-state index in [9.17, 15) is 4.79 Å². The molecule has 0 heterocycles. The molecule has 0 aromatic carbocycles. The molecule has 4 nitrogen and oxygen atoms in total. The van der Waals surface area contributed by atoms with Crippen LogP contribution in [0, 0.1) is 11.8 Å². The first-order valence-corrected chi connectivity index (χ1v) is 7.74. The van der Waals surface area contributed by atoms with Crippen LogP contribution in [0.25, 0.3) is 0 Å². The normalized spacial score (nSPS) is 12.6. The Hall–Kier alpha value is -0.993. The molecule has 0 radical (unpaired) electrons. The van der Waals surface area contributed by atoms with Crippen LogP contribution in [0.5, 0.6) is 0 Å². The highest BCUT2D eigenvalue weighted by atomic mass is 28.4. The minimum Gasteiger partial charge on any atom is -0.450 e. The van der Waals surface area contributed by atoms with Gasteiger partial charge in [-0.25, -0.2) is 4.79 Å². The molecule has 0 saturated heterocycles. The van der Waals surface area contributed by atoms with Gasteiger partial charge in [-0.05, 0) is 26.6 Å². The van der Waals surface area contributed by atoms with Gasteiger partial charge in [0.05, 0.1) is 6.61 Å². The fraction of sp³-hybridized carbons (Fsp3) is 0.667. The first-order valence-electron chi connectivity index (χ1n) is 4.33. The van der Waals surface area contributed by atoms with Crippen molar-refractivity contribution >= 4 is 14.5 Å². The Morgan fingerprint density at radius 3 is 2.50 bits per heavy atom.